The summed E-state index contributed by atoms with van der Waals surface area (Å²) in [6.45, 7) is 5.71. The van der Waals surface area contributed by atoms with Gasteiger partial charge in [-0.15, -0.1) is 11.3 Å². The van der Waals surface area contributed by atoms with Crippen LogP contribution in [0.25, 0.3) is 10.2 Å². The van der Waals surface area contributed by atoms with E-state index in [1.54, 1.807) is 37.6 Å². The van der Waals surface area contributed by atoms with Gasteiger partial charge in [0.05, 0.1) is 27.5 Å². The van der Waals surface area contributed by atoms with Crippen LogP contribution < -0.4 is 16.0 Å². The summed E-state index contributed by atoms with van der Waals surface area (Å²) in [4.78, 5) is 41.6. The van der Waals surface area contributed by atoms with Crippen LogP contribution in [0.2, 0.25) is 0 Å². The van der Waals surface area contributed by atoms with Crippen molar-refractivity contribution in [3.8, 4) is 11.8 Å². The quantitative estimate of drug-likeness (QED) is 0.163. The van der Waals surface area contributed by atoms with Gasteiger partial charge in [0, 0.05) is 44.9 Å². The minimum absolute atomic E-state index is 0.193. The van der Waals surface area contributed by atoms with Gasteiger partial charge in [0.25, 0.3) is 0 Å². The number of nitrogens with one attached hydrogen (secondary N) is 3. The Labute approximate surface area is 240 Å². The number of anilines is 3. The highest BCUT2D eigenvalue weighted by atomic mass is 32.1. The fourth-order valence-electron chi connectivity index (χ4n) is 3.52. The number of likely N-dealkylation sites (N-methyl/N-ethyl adjacent to an activating group) is 2. The SMILES string of the molecule is CCCNc1nc(Nc2ccc3scnc3c2)ncc1C#CCCCNC(=O)[C@H](C)N(C)C(=O)/C=C/CN(C)C. The predicted octanol–water partition coefficient (Wildman–Crippen LogP) is 3.86. The zero-order valence-corrected chi connectivity index (χ0v) is 24.6. The van der Waals surface area contributed by atoms with E-state index >= 15 is 0 Å². The normalized spacial score (nSPS) is 11.8. The number of carbonyl (C=O) groups excluding carboxylic acids is 2. The number of nitrogens with zero attached hydrogens (tertiary/aromatic N) is 5. The summed E-state index contributed by atoms with van der Waals surface area (Å²) in [5.41, 5.74) is 4.34. The van der Waals surface area contributed by atoms with Crippen molar-refractivity contribution in [3.63, 3.8) is 0 Å². The van der Waals surface area contributed by atoms with E-state index in [4.69, 9.17) is 0 Å². The number of aromatic nitrogens is 3. The van der Waals surface area contributed by atoms with E-state index in [0.717, 1.165) is 28.9 Å². The summed E-state index contributed by atoms with van der Waals surface area (Å²) >= 11 is 1.60. The van der Waals surface area contributed by atoms with Gasteiger partial charge >= 0.3 is 0 Å². The zero-order chi connectivity index (χ0) is 28.9. The number of carbonyl (C=O) groups is 2. The van der Waals surface area contributed by atoms with Crippen molar-refractivity contribution in [2.75, 3.05) is 51.4 Å². The zero-order valence-electron chi connectivity index (χ0n) is 23.8. The van der Waals surface area contributed by atoms with Crippen LogP contribution in [0.5, 0.6) is 0 Å². The Hall–Kier alpha value is -4.01. The molecule has 0 spiro atoms. The molecule has 0 saturated carbocycles. The lowest BCUT2D eigenvalue weighted by molar-refractivity contribution is -0.135. The second-order valence-electron chi connectivity index (χ2n) is 9.53. The van der Waals surface area contributed by atoms with E-state index in [1.807, 2.05) is 42.7 Å². The smallest absolute Gasteiger partial charge is 0.246 e. The third-order valence-electron chi connectivity index (χ3n) is 5.96. The molecule has 1 atom stereocenters. The fourth-order valence-corrected chi connectivity index (χ4v) is 4.18. The average molecular weight is 563 g/mol. The van der Waals surface area contributed by atoms with Gasteiger partial charge in [0.15, 0.2) is 0 Å². The molecule has 3 N–H and O–H groups in total. The maximum Gasteiger partial charge on any atom is 0.246 e. The van der Waals surface area contributed by atoms with E-state index in [2.05, 4.69) is 49.7 Å². The van der Waals surface area contributed by atoms with Gasteiger partial charge in [-0.2, -0.15) is 4.98 Å². The molecule has 0 aliphatic heterocycles. The molecule has 0 aliphatic carbocycles. The maximum atomic E-state index is 12.5. The Bertz CT molecular complexity index is 1380. The van der Waals surface area contributed by atoms with Gasteiger partial charge < -0.3 is 25.8 Å². The Balaban J connectivity index is 1.51. The minimum Gasteiger partial charge on any atom is -0.369 e. The molecule has 1 aromatic carbocycles. The summed E-state index contributed by atoms with van der Waals surface area (Å²) in [7, 11) is 5.48. The van der Waals surface area contributed by atoms with Crippen LogP contribution in [0, 0.1) is 11.8 Å². The van der Waals surface area contributed by atoms with E-state index in [9.17, 15) is 9.59 Å². The van der Waals surface area contributed by atoms with Crippen LogP contribution in [-0.2, 0) is 9.59 Å². The molecule has 0 radical (unpaired) electrons. The third-order valence-corrected chi connectivity index (χ3v) is 6.77. The van der Waals surface area contributed by atoms with E-state index in [0.29, 0.717) is 43.3 Å². The van der Waals surface area contributed by atoms with Crippen molar-refractivity contribution in [3.05, 3.63) is 47.6 Å². The van der Waals surface area contributed by atoms with Gasteiger partial charge in [-0.1, -0.05) is 24.8 Å². The predicted molar refractivity (Wildman–Crippen MR) is 163 cm³/mol. The monoisotopic (exact) mass is 562 g/mol. The number of rotatable bonds is 13. The van der Waals surface area contributed by atoms with Crippen LogP contribution >= 0.6 is 11.3 Å². The lowest BCUT2D eigenvalue weighted by atomic mass is 10.2. The van der Waals surface area contributed by atoms with Gasteiger partial charge in [-0.05, 0) is 52.1 Å². The number of benzene rings is 1. The van der Waals surface area contributed by atoms with Gasteiger partial charge in [0.2, 0.25) is 17.8 Å². The Morgan fingerprint density at radius 2 is 2.00 bits per heavy atom. The van der Waals surface area contributed by atoms with E-state index < -0.39 is 6.04 Å². The summed E-state index contributed by atoms with van der Waals surface area (Å²) < 4.78 is 1.13. The number of amides is 2. The standard InChI is InChI=1S/C29H38N8O2S/c1-6-15-30-27-22(19-32-29(35-27)34-23-13-14-25-24(18-23)33-20-40-25)11-8-7-9-16-31-28(39)21(2)37(5)26(38)12-10-17-36(3)4/h10,12-14,18-21H,6-7,9,15-17H2,1-5H3,(H,31,39)(H2,30,32,34,35)/b12-10+/t21-/m0/s1. The summed E-state index contributed by atoms with van der Waals surface area (Å²) in [6, 6.07) is 5.41. The lowest BCUT2D eigenvalue weighted by Crippen LogP contribution is -2.45. The van der Waals surface area contributed by atoms with Gasteiger partial charge in [0.1, 0.15) is 11.9 Å². The molecule has 2 aromatic heterocycles. The molecular weight excluding hydrogens is 524 g/mol. The molecule has 0 bridgehead atoms. The van der Waals surface area contributed by atoms with Crippen LogP contribution in [0.3, 0.4) is 0 Å². The van der Waals surface area contributed by atoms with Crippen LogP contribution in [0.15, 0.2) is 42.1 Å². The summed E-state index contributed by atoms with van der Waals surface area (Å²) in [5.74, 6) is 7.07. The Morgan fingerprint density at radius 1 is 1.18 bits per heavy atom. The number of fused-ring (bicyclic) bond motifs is 1. The Morgan fingerprint density at radius 3 is 2.77 bits per heavy atom. The first kappa shape index (κ1) is 30.5. The minimum atomic E-state index is -0.567. The molecule has 212 valence electrons. The van der Waals surface area contributed by atoms with Gasteiger partial charge in [-0.3, -0.25) is 9.59 Å². The van der Waals surface area contributed by atoms with Gasteiger partial charge in [-0.25, -0.2) is 9.97 Å². The largest absolute Gasteiger partial charge is 0.369 e. The first-order valence-electron chi connectivity index (χ1n) is 13.3. The highest BCUT2D eigenvalue weighted by Crippen LogP contribution is 2.23. The molecule has 0 fully saturated rings. The summed E-state index contributed by atoms with van der Waals surface area (Å²) in [6.07, 6.45) is 7.22. The first-order chi connectivity index (χ1) is 19.3. The second-order valence-corrected chi connectivity index (χ2v) is 10.4. The van der Waals surface area contributed by atoms with E-state index in [1.165, 1.54) is 11.0 Å². The van der Waals surface area contributed by atoms with Crippen molar-refractivity contribution in [2.45, 2.75) is 39.2 Å². The molecule has 3 rings (SSSR count). The lowest BCUT2D eigenvalue weighted by Gasteiger charge is -2.23. The van der Waals surface area contributed by atoms with Crippen LogP contribution in [0.1, 0.15) is 38.7 Å². The second kappa shape index (κ2) is 15.5. The number of unbranched alkanes of at least 4 members (excludes halogenated alkanes) is 1. The molecule has 0 saturated heterocycles. The van der Waals surface area contributed by atoms with Crippen molar-refractivity contribution in [2.24, 2.45) is 0 Å². The van der Waals surface area contributed by atoms with Crippen LogP contribution in [-0.4, -0.2) is 83.4 Å². The Kier molecular flexibility index (Phi) is 11.9. The molecule has 11 heteroatoms. The molecular formula is C29H38N8O2S. The molecule has 3 aromatic rings. The number of thiazole rings is 1. The number of hydrogen-bond acceptors (Lipinski definition) is 9. The van der Waals surface area contributed by atoms with Crippen molar-refractivity contribution in [1.29, 1.82) is 0 Å². The highest BCUT2D eigenvalue weighted by molar-refractivity contribution is 7.16. The molecule has 0 unspecified atom stereocenters. The third kappa shape index (κ3) is 9.32. The average Bonchev–Trinajstić information content (AvgIpc) is 3.41. The molecule has 2 amide bonds. The number of hydrogen-bond donors (Lipinski definition) is 3. The molecule has 0 aliphatic rings. The molecule has 10 nitrogen and oxygen atoms in total. The molecule has 2 heterocycles. The van der Waals surface area contributed by atoms with Crippen molar-refractivity contribution in [1.82, 2.24) is 30.1 Å². The van der Waals surface area contributed by atoms with E-state index in [-0.39, 0.29) is 11.8 Å². The molecule has 40 heavy (non-hydrogen) atoms. The van der Waals surface area contributed by atoms with Crippen molar-refractivity contribution >= 4 is 50.8 Å². The first-order valence-corrected chi connectivity index (χ1v) is 14.2. The fraction of sp³-hybridized carbons (Fsp3) is 0.414. The van der Waals surface area contributed by atoms with Crippen LogP contribution in [0.4, 0.5) is 17.5 Å². The summed E-state index contributed by atoms with van der Waals surface area (Å²) in [5, 5.41) is 9.47. The van der Waals surface area contributed by atoms with Crippen molar-refractivity contribution < 1.29 is 9.59 Å². The maximum absolute atomic E-state index is 12.5. The highest BCUT2D eigenvalue weighted by Gasteiger charge is 2.20. The topological polar surface area (TPSA) is 115 Å².